The van der Waals surface area contributed by atoms with Crippen molar-refractivity contribution in [3.63, 3.8) is 0 Å². The minimum Gasteiger partial charge on any atom is -0.478 e. The fourth-order valence-electron chi connectivity index (χ4n) is 1.67. The molecule has 86 valence electrons. The van der Waals surface area contributed by atoms with Crippen molar-refractivity contribution in [1.29, 1.82) is 0 Å². The molecule has 0 radical (unpaired) electrons. The van der Waals surface area contributed by atoms with E-state index < -0.39 is 5.97 Å². The van der Waals surface area contributed by atoms with Gasteiger partial charge in [0.25, 0.3) is 0 Å². The van der Waals surface area contributed by atoms with Crippen LogP contribution < -0.4 is 0 Å². The van der Waals surface area contributed by atoms with Crippen molar-refractivity contribution in [2.45, 2.75) is 12.8 Å². The van der Waals surface area contributed by atoms with Crippen LogP contribution in [0.1, 0.15) is 21.5 Å². The summed E-state index contributed by atoms with van der Waals surface area (Å²) in [7, 11) is 0. The summed E-state index contributed by atoms with van der Waals surface area (Å²) in [5.41, 5.74) is 2.44. The Kier molecular flexibility index (Phi) is 3.50. The first-order chi connectivity index (χ1) is 8.25. The third-order valence-corrected chi connectivity index (χ3v) is 2.59. The normalized spacial score (nSPS) is 10.1. The zero-order chi connectivity index (χ0) is 12.1. The Morgan fingerprint density at radius 3 is 2.47 bits per heavy atom. The van der Waals surface area contributed by atoms with E-state index in [2.05, 4.69) is 17.1 Å². The van der Waals surface area contributed by atoms with E-state index in [-0.39, 0.29) is 5.56 Å². The number of carboxylic acids is 1. The van der Waals surface area contributed by atoms with Gasteiger partial charge in [0.15, 0.2) is 0 Å². The topological polar surface area (TPSA) is 50.2 Å². The maximum atomic E-state index is 10.8. The van der Waals surface area contributed by atoms with E-state index >= 15 is 0 Å². The first-order valence-electron chi connectivity index (χ1n) is 5.47. The molecule has 3 nitrogen and oxygen atoms in total. The maximum absolute atomic E-state index is 10.8. The van der Waals surface area contributed by atoms with Crippen LogP contribution in [0.2, 0.25) is 0 Å². The average Bonchev–Trinajstić information content (AvgIpc) is 2.38. The first-order valence-corrected chi connectivity index (χ1v) is 5.47. The maximum Gasteiger partial charge on any atom is 0.337 e. The Bertz CT molecular complexity index is 509. The number of rotatable bonds is 4. The van der Waals surface area contributed by atoms with Crippen LogP contribution in [0.3, 0.4) is 0 Å². The van der Waals surface area contributed by atoms with Gasteiger partial charge in [-0.15, -0.1) is 0 Å². The van der Waals surface area contributed by atoms with Crippen molar-refractivity contribution in [2.24, 2.45) is 0 Å². The van der Waals surface area contributed by atoms with Crippen LogP contribution in [0.4, 0.5) is 0 Å². The number of aromatic nitrogens is 1. The smallest absolute Gasteiger partial charge is 0.337 e. The molecule has 0 aliphatic carbocycles. The number of carboxylic acid groups (broad SMARTS) is 1. The van der Waals surface area contributed by atoms with Crippen molar-refractivity contribution in [2.75, 3.05) is 0 Å². The molecule has 0 unspecified atom stereocenters. The second-order valence-electron chi connectivity index (χ2n) is 3.87. The quantitative estimate of drug-likeness (QED) is 0.873. The molecular formula is C14H13NO2. The molecule has 3 heteroatoms. The van der Waals surface area contributed by atoms with Gasteiger partial charge in [-0.2, -0.15) is 0 Å². The van der Waals surface area contributed by atoms with Gasteiger partial charge in [0.2, 0.25) is 0 Å². The molecule has 2 rings (SSSR count). The van der Waals surface area contributed by atoms with Crippen LogP contribution in [0.15, 0.2) is 48.8 Å². The molecule has 1 aromatic heterocycles. The number of benzene rings is 1. The zero-order valence-electron chi connectivity index (χ0n) is 9.34. The number of hydrogen-bond acceptors (Lipinski definition) is 2. The number of pyridine rings is 1. The summed E-state index contributed by atoms with van der Waals surface area (Å²) in [5, 5.41) is 8.85. The van der Waals surface area contributed by atoms with Crippen molar-refractivity contribution in [3.8, 4) is 0 Å². The summed E-state index contributed by atoms with van der Waals surface area (Å²) >= 11 is 0. The number of hydrogen-bond donors (Lipinski definition) is 1. The fraction of sp³-hybridized carbons (Fsp3) is 0.143. The first kappa shape index (κ1) is 11.3. The summed E-state index contributed by atoms with van der Waals surface area (Å²) < 4.78 is 0. The number of carbonyl (C=O) groups is 1. The van der Waals surface area contributed by atoms with Gasteiger partial charge in [-0.25, -0.2) is 4.79 Å². The van der Waals surface area contributed by atoms with Gasteiger partial charge in [0.05, 0.1) is 5.56 Å². The number of aryl methyl sites for hydroxylation is 2. The lowest BCUT2D eigenvalue weighted by Crippen LogP contribution is -1.99. The van der Waals surface area contributed by atoms with E-state index in [1.807, 2.05) is 18.2 Å². The third kappa shape index (κ3) is 3.14. The largest absolute Gasteiger partial charge is 0.478 e. The van der Waals surface area contributed by atoms with Crippen LogP contribution in [0.5, 0.6) is 0 Å². The van der Waals surface area contributed by atoms with Gasteiger partial charge in [0.1, 0.15) is 0 Å². The molecule has 17 heavy (non-hydrogen) atoms. The van der Waals surface area contributed by atoms with Gasteiger partial charge in [-0.1, -0.05) is 30.3 Å². The van der Waals surface area contributed by atoms with Gasteiger partial charge in [0, 0.05) is 12.4 Å². The molecule has 0 saturated heterocycles. The van der Waals surface area contributed by atoms with Crippen molar-refractivity contribution in [3.05, 3.63) is 65.5 Å². The molecule has 0 bridgehead atoms. The summed E-state index contributed by atoms with van der Waals surface area (Å²) in [6, 6.07) is 11.8. The lowest BCUT2D eigenvalue weighted by molar-refractivity contribution is 0.0696. The van der Waals surface area contributed by atoms with E-state index in [0.29, 0.717) is 0 Å². The number of nitrogens with zero attached hydrogens (tertiary/aromatic N) is 1. The molecule has 0 amide bonds. The van der Waals surface area contributed by atoms with E-state index in [9.17, 15) is 4.79 Å². The van der Waals surface area contributed by atoms with Crippen molar-refractivity contribution in [1.82, 2.24) is 4.98 Å². The molecule has 0 atom stereocenters. The minimum atomic E-state index is -0.931. The summed E-state index contributed by atoms with van der Waals surface area (Å²) in [4.78, 5) is 14.7. The third-order valence-electron chi connectivity index (χ3n) is 2.59. The standard InChI is InChI=1S/C14H13NO2/c16-14(17)13-8-12(9-15-10-13)7-6-11-4-2-1-3-5-11/h1-5,8-10H,6-7H2,(H,16,17). The SMILES string of the molecule is O=C(O)c1cncc(CCc2ccccc2)c1. The van der Waals surface area contributed by atoms with E-state index in [0.717, 1.165) is 18.4 Å². The highest BCUT2D eigenvalue weighted by Gasteiger charge is 2.04. The molecule has 1 heterocycles. The summed E-state index contributed by atoms with van der Waals surface area (Å²) in [5.74, 6) is -0.931. The highest BCUT2D eigenvalue weighted by Crippen LogP contribution is 2.08. The van der Waals surface area contributed by atoms with Crippen molar-refractivity contribution < 1.29 is 9.90 Å². The molecule has 0 aliphatic heterocycles. The van der Waals surface area contributed by atoms with E-state index in [1.54, 1.807) is 12.3 Å². The molecule has 1 N–H and O–H groups in total. The molecule has 0 spiro atoms. The van der Waals surface area contributed by atoms with E-state index in [1.165, 1.54) is 11.8 Å². The predicted octanol–water partition coefficient (Wildman–Crippen LogP) is 2.57. The lowest BCUT2D eigenvalue weighted by Gasteiger charge is -2.02. The Morgan fingerprint density at radius 1 is 1.06 bits per heavy atom. The lowest BCUT2D eigenvalue weighted by atomic mass is 10.0. The summed E-state index contributed by atoms with van der Waals surface area (Å²) in [6.07, 6.45) is 4.79. The van der Waals surface area contributed by atoms with Crippen LogP contribution >= 0.6 is 0 Å². The zero-order valence-corrected chi connectivity index (χ0v) is 9.34. The highest BCUT2D eigenvalue weighted by molar-refractivity contribution is 5.87. The molecule has 2 aromatic rings. The predicted molar refractivity (Wildman–Crippen MR) is 65.0 cm³/mol. The Hall–Kier alpha value is -2.16. The minimum absolute atomic E-state index is 0.246. The molecular weight excluding hydrogens is 214 g/mol. The van der Waals surface area contributed by atoms with Gasteiger partial charge >= 0.3 is 5.97 Å². The Morgan fingerprint density at radius 2 is 1.76 bits per heavy atom. The van der Waals surface area contributed by atoms with Crippen molar-refractivity contribution >= 4 is 5.97 Å². The fourth-order valence-corrected chi connectivity index (χ4v) is 1.67. The molecule has 0 fully saturated rings. The summed E-state index contributed by atoms with van der Waals surface area (Å²) in [6.45, 7) is 0. The second kappa shape index (κ2) is 5.25. The Labute approximate surface area is 99.8 Å². The van der Waals surface area contributed by atoms with Crippen LogP contribution in [0, 0.1) is 0 Å². The average molecular weight is 227 g/mol. The molecule has 0 aliphatic rings. The van der Waals surface area contributed by atoms with Gasteiger partial charge in [-0.3, -0.25) is 4.98 Å². The van der Waals surface area contributed by atoms with Crippen LogP contribution in [0.25, 0.3) is 0 Å². The van der Waals surface area contributed by atoms with Crippen LogP contribution in [-0.4, -0.2) is 16.1 Å². The van der Waals surface area contributed by atoms with E-state index in [4.69, 9.17) is 5.11 Å². The highest BCUT2D eigenvalue weighted by atomic mass is 16.4. The van der Waals surface area contributed by atoms with Crippen LogP contribution in [-0.2, 0) is 12.8 Å². The molecule has 0 saturated carbocycles. The Balaban J connectivity index is 2.04. The monoisotopic (exact) mass is 227 g/mol. The molecule has 1 aromatic carbocycles. The number of aromatic carboxylic acids is 1. The van der Waals surface area contributed by atoms with Gasteiger partial charge < -0.3 is 5.11 Å². The van der Waals surface area contributed by atoms with Gasteiger partial charge in [-0.05, 0) is 30.0 Å². The second-order valence-corrected chi connectivity index (χ2v) is 3.87.